The first-order valence-corrected chi connectivity index (χ1v) is 16.6. The van der Waals surface area contributed by atoms with E-state index >= 15 is 0 Å². The van der Waals surface area contributed by atoms with Gasteiger partial charge in [0.15, 0.2) is 6.23 Å². The van der Waals surface area contributed by atoms with Crippen molar-refractivity contribution in [3.05, 3.63) is 12.3 Å². The van der Waals surface area contributed by atoms with Crippen molar-refractivity contribution in [3.8, 4) is 0 Å². The molecule has 1 amide bonds. The zero-order valence-electron chi connectivity index (χ0n) is 25.4. The highest BCUT2D eigenvalue weighted by molar-refractivity contribution is 7.47. The Morgan fingerprint density at radius 1 is 1.22 bits per heavy atom. The Morgan fingerprint density at radius 2 is 1.88 bits per heavy atom. The van der Waals surface area contributed by atoms with E-state index in [9.17, 15) is 24.5 Å². The van der Waals surface area contributed by atoms with Crippen LogP contribution in [0.4, 0.5) is 0 Å². The average Bonchev–Trinajstić information content (AvgIpc) is 3.12. The molecule has 0 aromatic rings. The zero-order valence-corrected chi connectivity index (χ0v) is 27.2. The number of aliphatic hydroxyl groups is 2. The number of amides is 1. The lowest BCUT2D eigenvalue weighted by atomic mass is 9.74. The minimum atomic E-state index is -4.72. The fraction of sp³-hybridized carbons (Fsp3) is 0.885. The third-order valence-electron chi connectivity index (χ3n) is 6.45. The van der Waals surface area contributed by atoms with Gasteiger partial charge in [0.05, 0.1) is 13.2 Å². The molecule has 0 aromatic heterocycles. The van der Waals surface area contributed by atoms with Gasteiger partial charge in [-0.2, -0.15) is 0 Å². The fourth-order valence-corrected chi connectivity index (χ4v) is 6.48. The van der Waals surface area contributed by atoms with Gasteiger partial charge in [-0.05, 0) is 43.2 Å². The van der Waals surface area contributed by atoms with E-state index in [1.807, 2.05) is 0 Å². The van der Waals surface area contributed by atoms with Crippen molar-refractivity contribution in [2.45, 2.75) is 98.2 Å². The van der Waals surface area contributed by atoms with Gasteiger partial charge < -0.3 is 44.4 Å². The van der Waals surface area contributed by atoms with Crippen molar-refractivity contribution < 1.29 is 52.6 Å². The van der Waals surface area contributed by atoms with Crippen molar-refractivity contribution in [2.24, 2.45) is 16.7 Å². The molecule has 1 fully saturated rings. The van der Waals surface area contributed by atoms with E-state index in [2.05, 4.69) is 39.9 Å². The highest BCUT2D eigenvalue weighted by Gasteiger charge is 2.49. The summed E-state index contributed by atoms with van der Waals surface area (Å²) in [6, 6.07) is 0. The molecule has 15 heteroatoms. The number of rotatable bonds is 19. The minimum absolute atomic E-state index is 0.00446. The van der Waals surface area contributed by atoms with E-state index in [1.54, 1.807) is 26.2 Å². The Labute approximate surface area is 245 Å². The maximum atomic E-state index is 12.7. The van der Waals surface area contributed by atoms with Gasteiger partial charge in [0.25, 0.3) is 0 Å². The summed E-state index contributed by atoms with van der Waals surface area (Å²) in [7, 11) is -5.81. The number of aliphatic hydroxyl groups excluding tert-OH is 2. The van der Waals surface area contributed by atoms with Crippen LogP contribution in [0, 0.1) is 16.7 Å². The summed E-state index contributed by atoms with van der Waals surface area (Å²) < 4.78 is 33.6. The van der Waals surface area contributed by atoms with Gasteiger partial charge in [0, 0.05) is 32.5 Å². The molecule has 1 aliphatic rings. The summed E-state index contributed by atoms with van der Waals surface area (Å²) in [6.45, 7) is 11.9. The van der Waals surface area contributed by atoms with Crippen LogP contribution in [0.3, 0.4) is 0 Å². The Bertz CT molecular complexity index is 854. The van der Waals surface area contributed by atoms with Crippen LogP contribution in [-0.4, -0.2) is 93.7 Å². The molecule has 1 aliphatic heterocycles. The van der Waals surface area contributed by atoms with E-state index in [4.69, 9.17) is 28.1 Å². The van der Waals surface area contributed by atoms with E-state index in [1.165, 1.54) is 4.90 Å². The van der Waals surface area contributed by atoms with Gasteiger partial charge in [-0.15, -0.1) is 0 Å². The van der Waals surface area contributed by atoms with Crippen LogP contribution in [0.15, 0.2) is 12.3 Å². The largest absolute Gasteiger partial charge is 0.472 e. The van der Waals surface area contributed by atoms with Crippen LogP contribution < -0.4 is 5.32 Å². The first-order valence-electron chi connectivity index (χ1n) is 13.9. The van der Waals surface area contributed by atoms with Gasteiger partial charge in [-0.1, -0.05) is 47.1 Å². The molecule has 1 rings (SSSR count). The maximum Gasteiger partial charge on any atom is 0.472 e. The summed E-state index contributed by atoms with van der Waals surface area (Å²) in [5.74, 6) is -0.458. The van der Waals surface area contributed by atoms with Crippen molar-refractivity contribution in [3.63, 3.8) is 0 Å². The molecular formula is C26H52N2O11P2. The second-order valence-electron chi connectivity index (χ2n) is 12.6. The van der Waals surface area contributed by atoms with E-state index in [0.29, 0.717) is 32.2 Å². The molecule has 0 spiro atoms. The lowest BCUT2D eigenvalue weighted by Crippen LogP contribution is -2.40. The Morgan fingerprint density at radius 3 is 2.44 bits per heavy atom. The van der Waals surface area contributed by atoms with E-state index in [-0.39, 0.29) is 30.0 Å². The zero-order chi connectivity index (χ0) is 31.4. The van der Waals surface area contributed by atoms with Gasteiger partial charge in [0.2, 0.25) is 5.91 Å². The van der Waals surface area contributed by atoms with E-state index in [0.717, 1.165) is 6.42 Å². The smallest absolute Gasteiger partial charge is 0.396 e. The number of nitrogens with zero attached hydrogens (tertiary/aromatic N) is 1. The molecule has 13 nitrogen and oxygen atoms in total. The number of unbranched alkanes of at least 4 members (excludes halogenated alkanes) is 1. The number of likely N-dealkylation sites (N-methyl/N-ethyl adjacent to an activating group) is 1. The number of phosphoric ester groups is 1. The molecule has 0 bridgehead atoms. The Hall–Kier alpha value is -0.690. The Kier molecular flexibility index (Phi) is 16.4. The first-order chi connectivity index (χ1) is 18.9. The molecule has 0 aliphatic carbocycles. The van der Waals surface area contributed by atoms with Crippen molar-refractivity contribution in [1.82, 2.24) is 10.2 Å². The molecule has 6 atom stereocenters. The lowest BCUT2D eigenvalue weighted by Gasteiger charge is -2.31. The van der Waals surface area contributed by atoms with Crippen molar-refractivity contribution in [2.75, 3.05) is 33.4 Å². The number of carbonyl (C=O) groups is 1. The summed E-state index contributed by atoms with van der Waals surface area (Å²) in [4.78, 5) is 42.4. The molecule has 242 valence electrons. The number of hydrogen-bond donors (Lipinski definition) is 6. The summed E-state index contributed by atoms with van der Waals surface area (Å²) in [5.41, 5.74) is 0.0188. The molecule has 41 heavy (non-hydrogen) atoms. The number of hydrogen-bond acceptors (Lipinski definition) is 11. The van der Waals surface area contributed by atoms with Gasteiger partial charge in [-0.25, -0.2) is 4.57 Å². The molecule has 0 saturated carbocycles. The molecule has 6 N–H and O–H groups in total. The second kappa shape index (κ2) is 17.6. The maximum absolute atomic E-state index is 12.7. The summed E-state index contributed by atoms with van der Waals surface area (Å²) in [6.07, 6.45) is 1.67. The second-order valence-corrected chi connectivity index (χ2v) is 14.7. The van der Waals surface area contributed by atoms with Gasteiger partial charge in [0.1, 0.15) is 18.3 Å². The monoisotopic (exact) mass is 630 g/mol. The van der Waals surface area contributed by atoms with Crippen LogP contribution in [0.5, 0.6) is 0 Å². The molecule has 1 heterocycles. The quantitative estimate of drug-likeness (QED) is 0.0906. The molecule has 0 radical (unpaired) electrons. The Balaban J connectivity index is 2.55. The summed E-state index contributed by atoms with van der Waals surface area (Å²) in [5, 5.41) is 23.4. The predicted molar refractivity (Wildman–Crippen MR) is 155 cm³/mol. The normalized spacial score (nSPS) is 24.1. The number of ether oxygens (including phenoxy) is 1. The third kappa shape index (κ3) is 15.6. The topological polar surface area (TPSA) is 187 Å². The summed E-state index contributed by atoms with van der Waals surface area (Å²) >= 11 is 0. The van der Waals surface area contributed by atoms with Crippen molar-refractivity contribution in [1.29, 1.82) is 0 Å². The highest BCUT2D eigenvalue weighted by Crippen LogP contribution is 2.48. The average molecular weight is 631 g/mol. The highest BCUT2D eigenvalue weighted by atomic mass is 31.2. The predicted octanol–water partition coefficient (Wildman–Crippen LogP) is 3.02. The SMILES string of the molecule is C/C=C\N(C)C1OC(COP(O)O)C(OP(=O)(O)OCC(CO)CCCCNC(=O)CC(C)(C)CC(C)(C)C)C1O. The molecule has 0 aromatic carbocycles. The number of nitrogens with one attached hydrogen (secondary N) is 1. The van der Waals surface area contributed by atoms with Gasteiger partial charge in [-0.3, -0.25) is 13.8 Å². The number of allylic oxidation sites excluding steroid dienone is 1. The van der Waals surface area contributed by atoms with Crippen LogP contribution in [0.1, 0.15) is 73.6 Å². The van der Waals surface area contributed by atoms with Crippen LogP contribution in [-0.2, 0) is 27.7 Å². The number of carbonyl (C=O) groups excluding carboxylic acids is 1. The number of phosphoric acid groups is 1. The van der Waals surface area contributed by atoms with E-state index < -0.39 is 53.5 Å². The van der Waals surface area contributed by atoms with Crippen molar-refractivity contribution >= 4 is 22.3 Å². The minimum Gasteiger partial charge on any atom is -0.396 e. The first kappa shape index (κ1) is 38.3. The standard InChI is InChI=1S/C26H52N2O11P2/c1-8-13-28(7)24-22(31)23(20(38-24)17-36-40(32)33)39-41(34,35)37-16-19(15-29)11-9-10-12-27-21(30)14-26(5,6)18-25(2,3)4/h8,13,19-20,22-24,29,31-33H,9-12,14-18H2,1-7H3,(H,27,30)(H,34,35)/b13-8-. The van der Waals surface area contributed by atoms with Crippen LogP contribution >= 0.6 is 16.4 Å². The molecule has 6 unspecified atom stereocenters. The molecular weight excluding hydrogens is 578 g/mol. The van der Waals surface area contributed by atoms with Crippen LogP contribution in [0.2, 0.25) is 0 Å². The van der Waals surface area contributed by atoms with Gasteiger partial charge >= 0.3 is 16.4 Å². The molecule has 1 saturated heterocycles. The fourth-order valence-electron chi connectivity index (χ4n) is 5.17. The lowest BCUT2D eigenvalue weighted by molar-refractivity contribution is -0.123. The van der Waals surface area contributed by atoms with Crippen LogP contribution in [0.25, 0.3) is 0 Å². The third-order valence-corrected chi connectivity index (χ3v) is 7.81.